The molecule has 0 aliphatic rings. The lowest BCUT2D eigenvalue weighted by Crippen LogP contribution is -1.97. The fraction of sp³-hybridized carbons (Fsp3) is 0.667. The van der Waals surface area contributed by atoms with E-state index in [0.29, 0.717) is 0 Å². The molecule has 0 unspecified atom stereocenters. The molecular formula is C9H16N2OS. The van der Waals surface area contributed by atoms with Crippen molar-refractivity contribution in [3.05, 3.63) is 12.4 Å². The van der Waals surface area contributed by atoms with E-state index in [4.69, 9.17) is 4.74 Å². The van der Waals surface area contributed by atoms with Crippen LogP contribution in [0.2, 0.25) is 0 Å². The first-order chi connectivity index (χ1) is 6.36. The minimum absolute atomic E-state index is 0.724. The van der Waals surface area contributed by atoms with Gasteiger partial charge in [0.1, 0.15) is 0 Å². The van der Waals surface area contributed by atoms with E-state index in [9.17, 15) is 0 Å². The minimum Gasteiger partial charge on any atom is -0.490 e. The quantitative estimate of drug-likeness (QED) is 0.561. The molecule has 0 spiro atoms. The maximum atomic E-state index is 5.44. The van der Waals surface area contributed by atoms with Crippen molar-refractivity contribution in [2.24, 2.45) is 0 Å². The molecule has 0 radical (unpaired) electrons. The number of nitrogens with zero attached hydrogens (tertiary/aromatic N) is 2. The summed E-state index contributed by atoms with van der Waals surface area (Å²) < 4.78 is 7.34. The van der Waals surface area contributed by atoms with E-state index in [1.165, 1.54) is 0 Å². The lowest BCUT2D eigenvalue weighted by molar-refractivity contribution is 0.318. The topological polar surface area (TPSA) is 27.1 Å². The van der Waals surface area contributed by atoms with Crippen LogP contribution >= 0.6 is 12.6 Å². The molecule has 1 heterocycles. The Balaban J connectivity index is 2.31. The summed E-state index contributed by atoms with van der Waals surface area (Å²) in [6.45, 7) is 3.81. The summed E-state index contributed by atoms with van der Waals surface area (Å²) in [4.78, 5) is 0. The molecule has 0 N–H and O–H groups in total. The summed E-state index contributed by atoms with van der Waals surface area (Å²) in [7, 11) is 0. The van der Waals surface area contributed by atoms with Gasteiger partial charge in [0.25, 0.3) is 0 Å². The lowest BCUT2D eigenvalue weighted by atomic mass is 10.5. The van der Waals surface area contributed by atoms with Crippen LogP contribution in [-0.2, 0) is 6.54 Å². The fourth-order valence-electron chi connectivity index (χ4n) is 1.03. The van der Waals surface area contributed by atoms with Crippen molar-refractivity contribution in [2.75, 3.05) is 12.4 Å². The Kier molecular flexibility index (Phi) is 4.75. The van der Waals surface area contributed by atoms with Crippen LogP contribution in [0.25, 0.3) is 0 Å². The number of hydrogen-bond donors (Lipinski definition) is 1. The number of thiol groups is 1. The zero-order valence-electron chi connectivity index (χ0n) is 7.94. The summed E-state index contributed by atoms with van der Waals surface area (Å²) in [6.07, 6.45) is 5.76. The smallest absolute Gasteiger partial charge is 0.157 e. The largest absolute Gasteiger partial charge is 0.490 e. The van der Waals surface area contributed by atoms with Crippen LogP contribution in [0.3, 0.4) is 0 Å². The van der Waals surface area contributed by atoms with Crippen molar-refractivity contribution in [3.63, 3.8) is 0 Å². The zero-order chi connectivity index (χ0) is 9.52. The summed E-state index contributed by atoms with van der Waals surface area (Å²) in [5.74, 6) is 1.72. The molecule has 0 aliphatic carbocycles. The third-order valence-electron chi connectivity index (χ3n) is 1.63. The minimum atomic E-state index is 0.724. The van der Waals surface area contributed by atoms with E-state index in [0.717, 1.165) is 37.5 Å². The SMILES string of the molecule is CCCn1cc(OCCCS)cn1. The van der Waals surface area contributed by atoms with Crippen molar-refractivity contribution in [2.45, 2.75) is 26.3 Å². The van der Waals surface area contributed by atoms with E-state index in [2.05, 4.69) is 24.7 Å². The lowest BCUT2D eigenvalue weighted by Gasteiger charge is -2.00. The third kappa shape index (κ3) is 3.72. The molecule has 3 nitrogen and oxygen atoms in total. The highest BCUT2D eigenvalue weighted by atomic mass is 32.1. The van der Waals surface area contributed by atoms with Gasteiger partial charge in [0.2, 0.25) is 0 Å². The second-order valence-corrected chi connectivity index (χ2v) is 3.31. The predicted octanol–water partition coefficient (Wildman–Crippen LogP) is 1.99. The standard InChI is InChI=1S/C9H16N2OS/c1-2-4-11-8-9(7-10-11)12-5-3-6-13/h7-8,13H,2-6H2,1H3. The van der Waals surface area contributed by atoms with Gasteiger partial charge in [-0.05, 0) is 18.6 Å². The van der Waals surface area contributed by atoms with Crippen LogP contribution in [-0.4, -0.2) is 22.1 Å². The van der Waals surface area contributed by atoms with Gasteiger partial charge in [-0.2, -0.15) is 17.7 Å². The molecule has 0 atom stereocenters. The molecule has 1 rings (SSSR count). The number of aryl methyl sites for hydroxylation is 1. The molecule has 13 heavy (non-hydrogen) atoms. The summed E-state index contributed by atoms with van der Waals surface area (Å²) in [5, 5.41) is 4.16. The number of hydrogen-bond acceptors (Lipinski definition) is 3. The van der Waals surface area contributed by atoms with Crippen LogP contribution in [0, 0.1) is 0 Å². The van der Waals surface area contributed by atoms with Gasteiger partial charge in [-0.15, -0.1) is 0 Å². The van der Waals surface area contributed by atoms with Gasteiger partial charge in [0.15, 0.2) is 5.75 Å². The Hall–Kier alpha value is -0.640. The Morgan fingerprint density at radius 1 is 1.62 bits per heavy atom. The van der Waals surface area contributed by atoms with Crippen molar-refractivity contribution in [1.82, 2.24) is 9.78 Å². The Bertz CT molecular complexity index is 237. The molecule has 0 fully saturated rings. The van der Waals surface area contributed by atoms with Crippen LogP contribution < -0.4 is 4.74 Å². The van der Waals surface area contributed by atoms with Crippen LogP contribution in [0.1, 0.15) is 19.8 Å². The van der Waals surface area contributed by atoms with E-state index in [-0.39, 0.29) is 0 Å². The van der Waals surface area contributed by atoms with E-state index in [1.807, 2.05) is 10.9 Å². The molecule has 0 aliphatic heterocycles. The Labute approximate surface area is 84.5 Å². The molecule has 1 aromatic rings. The number of aromatic nitrogens is 2. The Morgan fingerprint density at radius 3 is 3.15 bits per heavy atom. The number of ether oxygens (including phenoxy) is 1. The molecule has 4 heteroatoms. The van der Waals surface area contributed by atoms with Gasteiger partial charge in [-0.25, -0.2) is 0 Å². The van der Waals surface area contributed by atoms with Crippen LogP contribution in [0.5, 0.6) is 5.75 Å². The van der Waals surface area contributed by atoms with Gasteiger partial charge in [-0.1, -0.05) is 6.92 Å². The predicted molar refractivity (Wildman–Crippen MR) is 56.5 cm³/mol. The maximum absolute atomic E-state index is 5.44. The molecule has 0 saturated carbocycles. The highest BCUT2D eigenvalue weighted by Gasteiger charge is 1.97. The molecule has 0 bridgehead atoms. The molecule has 0 aromatic carbocycles. The normalized spacial score (nSPS) is 10.3. The molecular weight excluding hydrogens is 184 g/mol. The fourth-order valence-corrected chi connectivity index (χ4v) is 1.15. The third-order valence-corrected chi connectivity index (χ3v) is 1.95. The van der Waals surface area contributed by atoms with Crippen LogP contribution in [0.15, 0.2) is 12.4 Å². The van der Waals surface area contributed by atoms with Gasteiger partial charge < -0.3 is 4.74 Å². The highest BCUT2D eigenvalue weighted by molar-refractivity contribution is 7.80. The van der Waals surface area contributed by atoms with Crippen molar-refractivity contribution in [3.8, 4) is 5.75 Å². The van der Waals surface area contributed by atoms with E-state index in [1.54, 1.807) is 6.20 Å². The average molecular weight is 200 g/mol. The van der Waals surface area contributed by atoms with Gasteiger partial charge in [0, 0.05) is 6.54 Å². The van der Waals surface area contributed by atoms with Crippen LogP contribution in [0.4, 0.5) is 0 Å². The van der Waals surface area contributed by atoms with Crippen molar-refractivity contribution in [1.29, 1.82) is 0 Å². The first-order valence-corrected chi connectivity index (χ1v) is 5.26. The molecule has 74 valence electrons. The van der Waals surface area contributed by atoms with E-state index >= 15 is 0 Å². The zero-order valence-corrected chi connectivity index (χ0v) is 8.83. The highest BCUT2D eigenvalue weighted by Crippen LogP contribution is 2.08. The molecule has 1 aromatic heterocycles. The molecule has 0 amide bonds. The maximum Gasteiger partial charge on any atom is 0.157 e. The Morgan fingerprint density at radius 2 is 2.46 bits per heavy atom. The summed E-state index contributed by atoms with van der Waals surface area (Å²) >= 11 is 4.10. The first kappa shape index (κ1) is 10.4. The average Bonchev–Trinajstić information content (AvgIpc) is 2.54. The number of rotatable bonds is 6. The van der Waals surface area contributed by atoms with Crippen molar-refractivity contribution >= 4 is 12.6 Å². The molecule has 0 saturated heterocycles. The second-order valence-electron chi connectivity index (χ2n) is 2.86. The monoisotopic (exact) mass is 200 g/mol. The second kappa shape index (κ2) is 5.91. The first-order valence-electron chi connectivity index (χ1n) is 4.63. The van der Waals surface area contributed by atoms with Gasteiger partial charge in [-0.3, -0.25) is 4.68 Å². The van der Waals surface area contributed by atoms with Crippen molar-refractivity contribution < 1.29 is 4.74 Å². The van der Waals surface area contributed by atoms with E-state index < -0.39 is 0 Å². The summed E-state index contributed by atoms with van der Waals surface area (Å²) in [6, 6.07) is 0. The van der Waals surface area contributed by atoms with Gasteiger partial charge in [0.05, 0.1) is 19.0 Å². The summed E-state index contributed by atoms with van der Waals surface area (Å²) in [5.41, 5.74) is 0. The van der Waals surface area contributed by atoms with Gasteiger partial charge >= 0.3 is 0 Å².